The van der Waals surface area contributed by atoms with E-state index in [-0.39, 0.29) is 17.8 Å². The van der Waals surface area contributed by atoms with Gasteiger partial charge in [-0.2, -0.15) is 0 Å². The molecule has 1 spiro atoms. The maximum Gasteiger partial charge on any atom is 0.410 e. The number of hydrogen-bond donors (Lipinski definition) is 0. The first-order valence-corrected chi connectivity index (χ1v) is 6.45. The van der Waals surface area contributed by atoms with E-state index >= 15 is 0 Å². The summed E-state index contributed by atoms with van der Waals surface area (Å²) in [5.74, 6) is 0. The number of epoxide rings is 1. The maximum atomic E-state index is 11.9. The second-order valence-electron chi connectivity index (χ2n) is 5.15. The lowest BCUT2D eigenvalue weighted by atomic mass is 9.88. The van der Waals surface area contributed by atoms with Crippen LogP contribution in [0.25, 0.3) is 0 Å². The van der Waals surface area contributed by atoms with Gasteiger partial charge in [-0.3, -0.25) is 0 Å². The molecule has 2 heterocycles. The van der Waals surface area contributed by atoms with Crippen molar-refractivity contribution in [3.63, 3.8) is 0 Å². The molecular weight excluding hydrogens is 222 g/mol. The summed E-state index contributed by atoms with van der Waals surface area (Å²) in [6.07, 6.45) is 3.86. The SMILES string of the molecule is O=C(OC1CCC2(CC1)CO2)N1CCOCC1. The quantitative estimate of drug-likeness (QED) is 0.647. The van der Waals surface area contributed by atoms with Gasteiger partial charge in [-0.1, -0.05) is 0 Å². The average Bonchev–Trinajstić information content (AvgIpc) is 3.13. The molecule has 0 bridgehead atoms. The number of nitrogens with zero attached hydrogens (tertiary/aromatic N) is 1. The van der Waals surface area contributed by atoms with E-state index in [1.54, 1.807) is 4.90 Å². The Balaban J connectivity index is 1.44. The van der Waals surface area contributed by atoms with Crippen molar-refractivity contribution in [1.29, 1.82) is 0 Å². The third-order valence-corrected chi connectivity index (χ3v) is 3.93. The highest BCUT2D eigenvalue weighted by atomic mass is 16.6. The Hall–Kier alpha value is -0.810. The zero-order chi connectivity index (χ0) is 11.7. The van der Waals surface area contributed by atoms with Crippen molar-refractivity contribution in [2.45, 2.75) is 37.4 Å². The van der Waals surface area contributed by atoms with Crippen molar-refractivity contribution in [3.8, 4) is 0 Å². The normalized spacial score (nSPS) is 36.9. The smallest absolute Gasteiger partial charge is 0.410 e. The predicted molar refractivity (Wildman–Crippen MR) is 59.8 cm³/mol. The molecule has 1 saturated carbocycles. The van der Waals surface area contributed by atoms with Gasteiger partial charge in [-0.05, 0) is 25.7 Å². The van der Waals surface area contributed by atoms with Crippen LogP contribution in [0.3, 0.4) is 0 Å². The van der Waals surface area contributed by atoms with Gasteiger partial charge in [0.2, 0.25) is 0 Å². The standard InChI is InChI=1S/C12H19NO4/c14-11(13-5-7-15-8-6-13)17-10-1-3-12(4-2-10)9-16-12/h10H,1-9H2. The van der Waals surface area contributed by atoms with Gasteiger partial charge in [0.05, 0.1) is 25.4 Å². The summed E-state index contributed by atoms with van der Waals surface area (Å²) in [6.45, 7) is 3.45. The summed E-state index contributed by atoms with van der Waals surface area (Å²) in [5, 5.41) is 0. The molecule has 1 amide bonds. The molecule has 0 atom stereocenters. The highest BCUT2D eigenvalue weighted by Gasteiger charge is 2.47. The third kappa shape index (κ3) is 2.55. The molecule has 0 aromatic heterocycles. The number of rotatable bonds is 1. The van der Waals surface area contributed by atoms with Crippen molar-refractivity contribution in [2.24, 2.45) is 0 Å². The van der Waals surface area contributed by atoms with Crippen LogP contribution in [0.5, 0.6) is 0 Å². The number of carbonyl (C=O) groups is 1. The summed E-state index contributed by atoms with van der Waals surface area (Å²) in [5.41, 5.74) is 0.169. The van der Waals surface area contributed by atoms with Gasteiger partial charge >= 0.3 is 6.09 Å². The highest BCUT2D eigenvalue weighted by molar-refractivity contribution is 5.67. The molecule has 96 valence electrons. The topological polar surface area (TPSA) is 51.3 Å². The molecule has 0 unspecified atom stereocenters. The fourth-order valence-corrected chi connectivity index (χ4v) is 2.59. The second-order valence-corrected chi connectivity index (χ2v) is 5.15. The van der Waals surface area contributed by atoms with Gasteiger partial charge in [0, 0.05) is 13.1 Å². The molecule has 2 aliphatic heterocycles. The first kappa shape index (κ1) is 11.3. The van der Waals surface area contributed by atoms with Crippen LogP contribution in [-0.4, -0.2) is 55.6 Å². The lowest BCUT2D eigenvalue weighted by Crippen LogP contribution is -2.43. The molecule has 2 saturated heterocycles. The summed E-state index contributed by atoms with van der Waals surface area (Å²) >= 11 is 0. The van der Waals surface area contributed by atoms with E-state index in [0.717, 1.165) is 32.3 Å². The highest BCUT2D eigenvalue weighted by Crippen LogP contribution is 2.42. The molecule has 3 rings (SSSR count). The van der Waals surface area contributed by atoms with Crippen molar-refractivity contribution in [3.05, 3.63) is 0 Å². The van der Waals surface area contributed by atoms with Crippen LogP contribution < -0.4 is 0 Å². The van der Waals surface area contributed by atoms with E-state index in [1.807, 2.05) is 0 Å². The Bertz CT molecular complexity index is 287. The van der Waals surface area contributed by atoms with Crippen LogP contribution in [0.15, 0.2) is 0 Å². The molecule has 5 nitrogen and oxygen atoms in total. The molecule has 1 aliphatic carbocycles. The monoisotopic (exact) mass is 241 g/mol. The summed E-state index contributed by atoms with van der Waals surface area (Å²) in [4.78, 5) is 13.6. The number of carbonyl (C=O) groups excluding carboxylic acids is 1. The van der Waals surface area contributed by atoms with Crippen LogP contribution in [0.2, 0.25) is 0 Å². The zero-order valence-corrected chi connectivity index (χ0v) is 10.0. The summed E-state index contributed by atoms with van der Waals surface area (Å²) < 4.78 is 16.2. The molecule has 0 aromatic carbocycles. The molecule has 17 heavy (non-hydrogen) atoms. The van der Waals surface area contributed by atoms with E-state index in [4.69, 9.17) is 14.2 Å². The molecule has 3 aliphatic rings. The Labute approximate surface area is 101 Å². The third-order valence-electron chi connectivity index (χ3n) is 3.93. The molecular formula is C12H19NO4. The van der Waals surface area contributed by atoms with Crippen LogP contribution in [0, 0.1) is 0 Å². The van der Waals surface area contributed by atoms with Crippen LogP contribution >= 0.6 is 0 Å². The van der Waals surface area contributed by atoms with E-state index in [1.165, 1.54) is 0 Å². The Morgan fingerprint density at radius 3 is 2.47 bits per heavy atom. The number of hydrogen-bond acceptors (Lipinski definition) is 4. The van der Waals surface area contributed by atoms with Gasteiger partial charge in [-0.15, -0.1) is 0 Å². The molecule has 3 fully saturated rings. The van der Waals surface area contributed by atoms with Crippen LogP contribution in [0.1, 0.15) is 25.7 Å². The summed E-state index contributed by atoms with van der Waals surface area (Å²) in [6, 6.07) is 0. The first-order valence-electron chi connectivity index (χ1n) is 6.45. The lowest BCUT2D eigenvalue weighted by Gasteiger charge is -2.31. The first-order chi connectivity index (χ1) is 8.27. The fraction of sp³-hybridized carbons (Fsp3) is 0.917. The van der Waals surface area contributed by atoms with Crippen LogP contribution in [0.4, 0.5) is 4.79 Å². The number of morpholine rings is 1. The minimum Gasteiger partial charge on any atom is -0.446 e. The zero-order valence-electron chi connectivity index (χ0n) is 10.0. The Morgan fingerprint density at radius 1 is 1.24 bits per heavy atom. The largest absolute Gasteiger partial charge is 0.446 e. The molecule has 0 radical (unpaired) electrons. The van der Waals surface area contributed by atoms with Gasteiger partial charge in [0.1, 0.15) is 6.10 Å². The second kappa shape index (κ2) is 4.46. The van der Waals surface area contributed by atoms with Crippen molar-refractivity contribution in [2.75, 3.05) is 32.9 Å². The van der Waals surface area contributed by atoms with E-state index < -0.39 is 0 Å². The minimum atomic E-state index is -0.175. The van der Waals surface area contributed by atoms with Crippen LogP contribution in [-0.2, 0) is 14.2 Å². The maximum absolute atomic E-state index is 11.9. The van der Waals surface area contributed by atoms with Crippen molar-refractivity contribution < 1.29 is 19.0 Å². The van der Waals surface area contributed by atoms with Gasteiger partial charge in [0.15, 0.2) is 0 Å². The molecule has 5 heteroatoms. The Morgan fingerprint density at radius 2 is 1.88 bits per heavy atom. The predicted octanol–water partition coefficient (Wildman–Crippen LogP) is 1.17. The Kier molecular flexibility index (Phi) is 2.96. The van der Waals surface area contributed by atoms with Gasteiger partial charge in [-0.25, -0.2) is 4.79 Å². The van der Waals surface area contributed by atoms with Gasteiger partial charge < -0.3 is 19.1 Å². The number of ether oxygens (including phenoxy) is 3. The van der Waals surface area contributed by atoms with Crippen molar-refractivity contribution in [1.82, 2.24) is 4.90 Å². The minimum absolute atomic E-state index is 0.0835. The average molecular weight is 241 g/mol. The summed E-state index contributed by atoms with van der Waals surface area (Å²) in [7, 11) is 0. The van der Waals surface area contributed by atoms with E-state index in [0.29, 0.717) is 26.3 Å². The van der Waals surface area contributed by atoms with E-state index in [2.05, 4.69) is 0 Å². The lowest BCUT2D eigenvalue weighted by molar-refractivity contribution is 0.000137. The van der Waals surface area contributed by atoms with Gasteiger partial charge in [0.25, 0.3) is 0 Å². The molecule has 0 aromatic rings. The fourth-order valence-electron chi connectivity index (χ4n) is 2.59. The van der Waals surface area contributed by atoms with Crippen molar-refractivity contribution >= 4 is 6.09 Å². The number of amides is 1. The molecule has 0 N–H and O–H groups in total. The van der Waals surface area contributed by atoms with E-state index in [9.17, 15) is 4.79 Å².